The average Bonchev–Trinajstić information content (AvgIpc) is 3.20. The smallest absolute Gasteiger partial charge is 0.243 e. The van der Waals surface area contributed by atoms with Crippen molar-refractivity contribution >= 4 is 23.2 Å². The van der Waals surface area contributed by atoms with Crippen LogP contribution in [0, 0.1) is 0 Å². The minimum absolute atomic E-state index is 0.00502. The lowest BCUT2D eigenvalue weighted by Crippen LogP contribution is -2.46. The first-order chi connectivity index (χ1) is 13.1. The Morgan fingerprint density at radius 1 is 1.37 bits per heavy atom. The Labute approximate surface area is 166 Å². The van der Waals surface area contributed by atoms with Gasteiger partial charge in [-0.2, -0.15) is 0 Å². The zero-order chi connectivity index (χ0) is 19.5. The fraction of sp³-hybridized carbons (Fsp3) is 0.684. The molecule has 0 aliphatic carbocycles. The van der Waals surface area contributed by atoms with E-state index in [0.717, 1.165) is 52.2 Å². The number of unbranched alkanes of at least 4 members (excludes halogenated alkanes) is 1. The molecule has 2 rings (SSSR count). The summed E-state index contributed by atoms with van der Waals surface area (Å²) in [4.78, 5) is 21.7. The van der Waals surface area contributed by atoms with E-state index in [9.17, 15) is 4.79 Å². The maximum atomic E-state index is 11.9. The number of nitrogens with one attached hydrogen (secondary N) is 2. The fourth-order valence-electron chi connectivity index (χ4n) is 2.82. The predicted octanol–water partition coefficient (Wildman–Crippen LogP) is 1.54. The highest BCUT2D eigenvalue weighted by Gasteiger charge is 2.23. The van der Waals surface area contributed by atoms with E-state index < -0.39 is 0 Å². The van der Waals surface area contributed by atoms with Crippen LogP contribution in [0.15, 0.2) is 22.5 Å². The molecule has 1 saturated heterocycles. The first-order valence-corrected chi connectivity index (χ1v) is 10.6. The molecule has 2 N–H and O–H groups in total. The summed E-state index contributed by atoms with van der Waals surface area (Å²) in [6.45, 7) is 7.30. The number of aliphatic imine (C=N–C) groups is 1. The Hall–Kier alpha value is -1.64. The van der Waals surface area contributed by atoms with Gasteiger partial charge in [-0.3, -0.25) is 9.69 Å². The lowest BCUT2D eigenvalue weighted by molar-refractivity contribution is -0.127. The van der Waals surface area contributed by atoms with E-state index in [1.54, 1.807) is 30.3 Å². The largest absolute Gasteiger partial charge is 0.379 e. The highest BCUT2D eigenvalue weighted by atomic mass is 32.1. The summed E-state index contributed by atoms with van der Waals surface area (Å²) in [5.74, 6) is 0.697. The van der Waals surface area contributed by atoms with Crippen LogP contribution < -0.4 is 10.6 Å². The number of thiophene rings is 1. The molecule has 0 radical (unpaired) electrons. The molecule has 1 aromatic rings. The molecule has 7 nitrogen and oxygen atoms in total. The zero-order valence-corrected chi connectivity index (χ0v) is 17.6. The van der Waals surface area contributed by atoms with Crippen molar-refractivity contribution in [2.45, 2.75) is 25.8 Å². The summed E-state index contributed by atoms with van der Waals surface area (Å²) >= 11 is 1.78. The van der Waals surface area contributed by atoms with Crippen LogP contribution in [0.3, 0.4) is 0 Å². The Morgan fingerprint density at radius 3 is 2.78 bits per heavy atom. The van der Waals surface area contributed by atoms with Gasteiger partial charge in [-0.1, -0.05) is 19.4 Å². The van der Waals surface area contributed by atoms with Crippen molar-refractivity contribution in [3.05, 3.63) is 22.4 Å². The molecule has 27 heavy (non-hydrogen) atoms. The van der Waals surface area contributed by atoms with Gasteiger partial charge in [0.05, 0.1) is 19.3 Å². The molecular formula is C19H33N5O2S. The van der Waals surface area contributed by atoms with E-state index in [1.807, 2.05) is 0 Å². The molecule has 1 atom stereocenters. The van der Waals surface area contributed by atoms with Crippen molar-refractivity contribution in [3.8, 4) is 0 Å². The maximum absolute atomic E-state index is 11.9. The van der Waals surface area contributed by atoms with Crippen LogP contribution in [-0.4, -0.2) is 81.7 Å². The molecule has 0 bridgehead atoms. The van der Waals surface area contributed by atoms with Crippen molar-refractivity contribution in [2.75, 3.05) is 60.0 Å². The van der Waals surface area contributed by atoms with Crippen molar-refractivity contribution in [2.24, 2.45) is 4.99 Å². The normalized spacial score (nSPS) is 16.8. The number of carbonyl (C=O) groups is 1. The Balaban J connectivity index is 2.01. The van der Waals surface area contributed by atoms with Gasteiger partial charge in [0.1, 0.15) is 6.54 Å². The van der Waals surface area contributed by atoms with Crippen molar-refractivity contribution in [1.82, 2.24) is 20.4 Å². The molecule has 8 heteroatoms. The maximum Gasteiger partial charge on any atom is 0.243 e. The van der Waals surface area contributed by atoms with Crippen LogP contribution in [0.5, 0.6) is 0 Å². The molecule has 0 spiro atoms. The minimum atomic E-state index is -0.00502. The zero-order valence-electron chi connectivity index (χ0n) is 16.7. The van der Waals surface area contributed by atoms with E-state index in [4.69, 9.17) is 4.74 Å². The summed E-state index contributed by atoms with van der Waals surface area (Å²) in [5, 5.41) is 8.92. The summed E-state index contributed by atoms with van der Waals surface area (Å²) in [6.07, 6.45) is 2.18. The molecule has 1 fully saturated rings. The van der Waals surface area contributed by atoms with Gasteiger partial charge in [0.15, 0.2) is 5.96 Å². The third-order valence-corrected chi connectivity index (χ3v) is 5.49. The number of guanidine groups is 1. The second-order valence-corrected chi connectivity index (χ2v) is 7.77. The molecule has 2 heterocycles. The topological polar surface area (TPSA) is 69.2 Å². The van der Waals surface area contributed by atoms with E-state index in [2.05, 4.69) is 45.0 Å². The summed E-state index contributed by atoms with van der Waals surface area (Å²) < 4.78 is 5.51. The SMILES string of the molecule is CCCCNC(=NCC(=O)N(C)C)NCC(c1cccs1)N1CCOCC1. The number of hydrogen-bond donors (Lipinski definition) is 2. The van der Waals surface area contributed by atoms with Crippen LogP contribution in [0.25, 0.3) is 0 Å². The quantitative estimate of drug-likeness (QED) is 0.377. The van der Waals surface area contributed by atoms with E-state index in [0.29, 0.717) is 5.96 Å². The monoisotopic (exact) mass is 395 g/mol. The Kier molecular flexibility index (Phi) is 9.58. The number of carbonyl (C=O) groups excluding carboxylic acids is 1. The van der Waals surface area contributed by atoms with Crippen molar-refractivity contribution in [3.63, 3.8) is 0 Å². The molecule has 152 valence electrons. The molecule has 1 aliphatic heterocycles. The van der Waals surface area contributed by atoms with Gasteiger partial charge in [-0.05, 0) is 17.9 Å². The molecule has 0 aromatic carbocycles. The number of morpholine rings is 1. The first-order valence-electron chi connectivity index (χ1n) is 9.69. The lowest BCUT2D eigenvalue weighted by atomic mass is 10.2. The molecule has 1 unspecified atom stereocenters. The predicted molar refractivity (Wildman–Crippen MR) is 111 cm³/mol. The number of nitrogens with zero attached hydrogens (tertiary/aromatic N) is 3. The highest BCUT2D eigenvalue weighted by Crippen LogP contribution is 2.25. The molecule has 0 saturated carbocycles. The van der Waals surface area contributed by atoms with Gasteiger partial charge in [-0.25, -0.2) is 4.99 Å². The minimum Gasteiger partial charge on any atom is -0.379 e. The molecule has 1 aliphatic rings. The summed E-state index contributed by atoms with van der Waals surface area (Å²) in [5.41, 5.74) is 0. The number of amides is 1. The second kappa shape index (κ2) is 11.9. The van der Waals surface area contributed by atoms with E-state index in [1.165, 1.54) is 4.88 Å². The number of likely N-dealkylation sites (N-methyl/N-ethyl adjacent to an activating group) is 1. The lowest BCUT2D eigenvalue weighted by Gasteiger charge is -2.34. The van der Waals surface area contributed by atoms with Crippen molar-refractivity contribution in [1.29, 1.82) is 0 Å². The standard InChI is InChI=1S/C19H33N5O2S/c1-4-5-8-20-19(22-15-18(25)23(2)3)21-14-16(17-7-6-13-27-17)24-9-11-26-12-10-24/h6-7,13,16H,4-5,8-12,14-15H2,1-3H3,(H2,20,21,22). The van der Waals surface area contributed by atoms with Crippen LogP contribution in [-0.2, 0) is 9.53 Å². The number of rotatable bonds is 9. The second-order valence-electron chi connectivity index (χ2n) is 6.79. The third kappa shape index (κ3) is 7.48. The van der Waals surface area contributed by atoms with Crippen LogP contribution in [0.2, 0.25) is 0 Å². The first kappa shape index (κ1) is 21.7. The number of hydrogen-bond acceptors (Lipinski definition) is 5. The highest BCUT2D eigenvalue weighted by molar-refractivity contribution is 7.10. The molecule has 1 aromatic heterocycles. The van der Waals surface area contributed by atoms with Gasteiger partial charge < -0.3 is 20.3 Å². The Bertz CT molecular complexity index is 571. The van der Waals surface area contributed by atoms with Crippen LogP contribution >= 0.6 is 11.3 Å². The van der Waals surface area contributed by atoms with E-state index in [-0.39, 0.29) is 18.5 Å². The third-order valence-electron chi connectivity index (χ3n) is 4.51. The van der Waals surface area contributed by atoms with E-state index >= 15 is 0 Å². The summed E-state index contributed by atoms with van der Waals surface area (Å²) in [7, 11) is 3.50. The average molecular weight is 396 g/mol. The van der Waals surface area contributed by atoms with Gasteiger partial charge in [0, 0.05) is 45.2 Å². The summed E-state index contributed by atoms with van der Waals surface area (Å²) in [6, 6.07) is 4.55. The van der Waals surface area contributed by atoms with Gasteiger partial charge in [-0.15, -0.1) is 11.3 Å². The fourth-order valence-corrected chi connectivity index (χ4v) is 3.68. The van der Waals surface area contributed by atoms with Crippen molar-refractivity contribution < 1.29 is 9.53 Å². The van der Waals surface area contributed by atoms with Gasteiger partial charge in [0.2, 0.25) is 5.91 Å². The van der Waals surface area contributed by atoms with Gasteiger partial charge >= 0.3 is 0 Å². The molecular weight excluding hydrogens is 362 g/mol. The number of ether oxygens (including phenoxy) is 1. The molecule has 1 amide bonds. The van der Waals surface area contributed by atoms with Crippen LogP contribution in [0.1, 0.15) is 30.7 Å². The van der Waals surface area contributed by atoms with Gasteiger partial charge in [0.25, 0.3) is 0 Å². The van der Waals surface area contributed by atoms with Crippen LogP contribution in [0.4, 0.5) is 0 Å². The Morgan fingerprint density at radius 2 is 2.15 bits per heavy atom.